The van der Waals surface area contributed by atoms with Gasteiger partial charge in [0, 0.05) is 30.3 Å². The van der Waals surface area contributed by atoms with E-state index in [1.165, 1.54) is 4.90 Å². The molecule has 0 aromatic heterocycles. The molecule has 3 aromatic rings. The number of hydrogen-bond acceptors (Lipinski definition) is 6. The highest BCUT2D eigenvalue weighted by Gasteiger charge is 2.66. The van der Waals surface area contributed by atoms with Crippen molar-refractivity contribution in [2.75, 3.05) is 40.9 Å². The van der Waals surface area contributed by atoms with Crippen molar-refractivity contribution in [1.82, 2.24) is 4.90 Å². The van der Waals surface area contributed by atoms with Crippen molar-refractivity contribution in [2.24, 2.45) is 5.41 Å². The lowest BCUT2D eigenvalue weighted by Crippen LogP contribution is -2.76. The van der Waals surface area contributed by atoms with Crippen molar-refractivity contribution >= 4 is 52.6 Å². The van der Waals surface area contributed by atoms with Gasteiger partial charge in [0.2, 0.25) is 0 Å². The first-order chi connectivity index (χ1) is 19.4. The minimum absolute atomic E-state index is 0.0367. The van der Waals surface area contributed by atoms with Crippen molar-refractivity contribution in [2.45, 2.75) is 19.4 Å². The molecule has 10 heteroatoms. The number of halogens is 1. The molecule has 204 valence electrons. The second-order valence-corrected chi connectivity index (χ2v) is 10.4. The second-order valence-electron chi connectivity index (χ2n) is 10.0. The lowest BCUT2D eigenvalue weighted by atomic mass is 9.67. The Labute approximate surface area is 236 Å². The van der Waals surface area contributed by atoms with E-state index in [-0.39, 0.29) is 19.6 Å². The van der Waals surface area contributed by atoms with Gasteiger partial charge >= 0.3 is 12.1 Å². The van der Waals surface area contributed by atoms with Gasteiger partial charge in [0.15, 0.2) is 5.41 Å². The molecule has 2 fully saturated rings. The van der Waals surface area contributed by atoms with Crippen LogP contribution in [0.3, 0.4) is 0 Å². The summed E-state index contributed by atoms with van der Waals surface area (Å²) >= 11 is 6.38. The monoisotopic (exact) mass is 558 g/mol. The molecule has 0 radical (unpaired) electrons. The quantitative estimate of drug-likeness (QED) is 0.432. The lowest BCUT2D eigenvalue weighted by Gasteiger charge is -2.56. The molecule has 9 nitrogen and oxygen atoms in total. The molecule has 6 rings (SSSR count). The van der Waals surface area contributed by atoms with E-state index in [2.05, 4.69) is 0 Å². The first-order valence-electron chi connectivity index (χ1n) is 13.2. The first kappa shape index (κ1) is 25.9. The SMILES string of the molecule is CCOC(=O)N1CCN2c3cc(Cl)ccc3CC3(C(=O)N(c4ccccc4)C(=O)N(c4ccccc4)C3=O)[C@@H]2C1. The molecule has 1 spiro atoms. The zero-order valence-electron chi connectivity index (χ0n) is 21.8. The predicted octanol–water partition coefficient (Wildman–Crippen LogP) is 4.73. The third kappa shape index (κ3) is 3.92. The number of para-hydroxylation sites is 2. The highest BCUT2D eigenvalue weighted by molar-refractivity contribution is 6.39. The summed E-state index contributed by atoms with van der Waals surface area (Å²) in [6, 6.07) is 21.1. The molecule has 1 atom stereocenters. The molecule has 0 N–H and O–H groups in total. The summed E-state index contributed by atoms with van der Waals surface area (Å²) in [7, 11) is 0. The summed E-state index contributed by atoms with van der Waals surface area (Å²) in [5.41, 5.74) is 0.573. The number of benzene rings is 3. The van der Waals surface area contributed by atoms with Crippen LogP contribution >= 0.6 is 11.6 Å². The van der Waals surface area contributed by atoms with Gasteiger partial charge in [-0.1, -0.05) is 54.1 Å². The zero-order valence-corrected chi connectivity index (χ0v) is 22.6. The Bertz CT molecular complexity index is 1440. The summed E-state index contributed by atoms with van der Waals surface area (Å²) < 4.78 is 5.28. The lowest BCUT2D eigenvalue weighted by molar-refractivity contribution is -0.143. The third-order valence-corrected chi connectivity index (χ3v) is 8.12. The van der Waals surface area contributed by atoms with Gasteiger partial charge in [-0.15, -0.1) is 0 Å². The number of imide groups is 2. The average molecular weight is 559 g/mol. The number of anilines is 3. The summed E-state index contributed by atoms with van der Waals surface area (Å²) in [5.74, 6) is -1.25. The van der Waals surface area contributed by atoms with Crippen LogP contribution in [0.4, 0.5) is 26.7 Å². The van der Waals surface area contributed by atoms with E-state index in [9.17, 15) is 19.2 Å². The number of hydrogen-bond donors (Lipinski definition) is 0. The van der Waals surface area contributed by atoms with Gasteiger partial charge in [-0.2, -0.15) is 0 Å². The van der Waals surface area contributed by atoms with Crippen molar-refractivity contribution < 1.29 is 23.9 Å². The maximum absolute atomic E-state index is 14.7. The summed E-state index contributed by atoms with van der Waals surface area (Å²) in [6.07, 6.45) is -0.476. The van der Waals surface area contributed by atoms with E-state index in [4.69, 9.17) is 16.3 Å². The van der Waals surface area contributed by atoms with Gasteiger partial charge in [0.1, 0.15) is 0 Å². The van der Waals surface area contributed by atoms with Crippen LogP contribution in [0.25, 0.3) is 0 Å². The number of ether oxygens (including phenoxy) is 1. The molecule has 3 aromatic carbocycles. The van der Waals surface area contributed by atoms with Crippen molar-refractivity contribution in [3.8, 4) is 0 Å². The van der Waals surface area contributed by atoms with E-state index < -0.39 is 35.4 Å². The predicted molar refractivity (Wildman–Crippen MR) is 151 cm³/mol. The van der Waals surface area contributed by atoms with Crippen molar-refractivity contribution in [3.63, 3.8) is 0 Å². The number of urea groups is 1. The van der Waals surface area contributed by atoms with E-state index in [1.807, 2.05) is 17.0 Å². The van der Waals surface area contributed by atoms with Crippen LogP contribution < -0.4 is 14.7 Å². The number of fused-ring (bicyclic) bond motifs is 4. The van der Waals surface area contributed by atoms with E-state index in [1.54, 1.807) is 73.7 Å². The van der Waals surface area contributed by atoms with Crippen molar-refractivity contribution in [1.29, 1.82) is 0 Å². The van der Waals surface area contributed by atoms with E-state index in [0.29, 0.717) is 29.5 Å². The minimum Gasteiger partial charge on any atom is -0.450 e. The van der Waals surface area contributed by atoms with E-state index in [0.717, 1.165) is 21.1 Å². The van der Waals surface area contributed by atoms with Crippen molar-refractivity contribution in [3.05, 3.63) is 89.4 Å². The van der Waals surface area contributed by atoms with Crippen LogP contribution in [0, 0.1) is 5.41 Å². The zero-order chi connectivity index (χ0) is 28.0. The molecule has 3 aliphatic rings. The van der Waals surface area contributed by atoms with Gasteiger partial charge in [-0.3, -0.25) is 9.59 Å². The Morgan fingerprint density at radius 1 is 0.900 bits per heavy atom. The standard InChI is InChI=1S/C30H27ClN4O5/c1-2-40-29(39)32-15-16-33-24-17-21(31)14-13-20(24)18-30(25(33)19-32)26(36)34(22-9-5-3-6-10-22)28(38)35(27(30)37)23-11-7-4-8-12-23/h3-14,17,25H,2,15-16,18-19H2,1H3/t25-/m0/s1. The smallest absolute Gasteiger partial charge is 0.409 e. The largest absolute Gasteiger partial charge is 0.450 e. The van der Waals surface area contributed by atoms with Crippen LogP contribution in [0.1, 0.15) is 12.5 Å². The maximum atomic E-state index is 14.7. The fourth-order valence-electron chi connectivity index (χ4n) is 6.06. The van der Waals surface area contributed by atoms with Gasteiger partial charge < -0.3 is 14.5 Å². The Morgan fingerprint density at radius 3 is 2.08 bits per heavy atom. The van der Waals surface area contributed by atoms with Crippen LogP contribution in [0.15, 0.2) is 78.9 Å². The average Bonchev–Trinajstić information content (AvgIpc) is 2.97. The molecule has 3 heterocycles. The van der Waals surface area contributed by atoms with Gasteiger partial charge in [0.25, 0.3) is 11.8 Å². The van der Waals surface area contributed by atoms with Crippen LogP contribution in [0.2, 0.25) is 5.02 Å². The molecule has 0 aliphatic carbocycles. The number of nitrogens with zero attached hydrogens (tertiary/aromatic N) is 4. The van der Waals surface area contributed by atoms with Crippen LogP contribution in [-0.4, -0.2) is 61.1 Å². The van der Waals surface area contributed by atoms with Gasteiger partial charge in [-0.25, -0.2) is 19.4 Å². The van der Waals surface area contributed by atoms with E-state index >= 15 is 0 Å². The van der Waals surface area contributed by atoms with Crippen LogP contribution in [0.5, 0.6) is 0 Å². The first-order valence-corrected chi connectivity index (χ1v) is 13.5. The molecule has 40 heavy (non-hydrogen) atoms. The summed E-state index contributed by atoms with van der Waals surface area (Å²) in [6.45, 7) is 2.67. The molecule has 3 aliphatic heterocycles. The number of barbiturate groups is 1. The Balaban J connectivity index is 1.57. The fourth-order valence-corrected chi connectivity index (χ4v) is 6.22. The second kappa shape index (κ2) is 9.98. The number of amides is 5. The molecule has 2 saturated heterocycles. The molecule has 0 unspecified atom stereocenters. The Hall–Kier alpha value is -4.37. The third-order valence-electron chi connectivity index (χ3n) is 7.88. The maximum Gasteiger partial charge on any atom is 0.409 e. The minimum atomic E-state index is -1.72. The highest BCUT2D eigenvalue weighted by Crippen LogP contribution is 2.49. The Morgan fingerprint density at radius 2 is 1.50 bits per heavy atom. The summed E-state index contributed by atoms with van der Waals surface area (Å²) in [5, 5.41) is 0.523. The van der Waals surface area contributed by atoms with Gasteiger partial charge in [0.05, 0.1) is 24.0 Å². The molecule has 0 bridgehead atoms. The molecule has 0 saturated carbocycles. The molecular formula is C30H27ClN4O5. The summed E-state index contributed by atoms with van der Waals surface area (Å²) in [4.78, 5) is 61.9. The Kier molecular flexibility index (Phi) is 6.46. The normalized spacial score (nSPS) is 19.9. The number of carbonyl (C=O) groups excluding carboxylic acids is 4. The molecule has 5 amide bonds. The fraction of sp³-hybridized carbons (Fsp3) is 0.267. The number of carbonyl (C=O) groups is 4. The van der Waals surface area contributed by atoms with Gasteiger partial charge in [-0.05, 0) is 55.3 Å². The number of rotatable bonds is 3. The number of piperazine rings is 1. The topological polar surface area (TPSA) is 90.5 Å². The van der Waals surface area contributed by atoms with Crippen LogP contribution in [-0.2, 0) is 20.7 Å². The highest BCUT2D eigenvalue weighted by atomic mass is 35.5. The molecular weight excluding hydrogens is 532 g/mol.